The summed E-state index contributed by atoms with van der Waals surface area (Å²) in [6.07, 6.45) is 2.07. The van der Waals surface area contributed by atoms with Crippen LogP contribution in [-0.4, -0.2) is 42.4 Å². The molecule has 2 aliphatic rings. The Labute approximate surface area is 188 Å². The number of anilines is 1. The van der Waals surface area contributed by atoms with Crippen molar-refractivity contribution in [2.75, 3.05) is 24.0 Å². The van der Waals surface area contributed by atoms with Crippen LogP contribution in [0.3, 0.4) is 0 Å². The van der Waals surface area contributed by atoms with Gasteiger partial charge in [0.05, 0.1) is 24.6 Å². The molecule has 2 aliphatic heterocycles. The molecule has 0 saturated carbocycles. The molecule has 4 atom stereocenters. The van der Waals surface area contributed by atoms with Crippen molar-refractivity contribution < 1.29 is 27.9 Å². The van der Waals surface area contributed by atoms with Crippen molar-refractivity contribution in [1.29, 1.82) is 0 Å². The predicted octanol–water partition coefficient (Wildman–Crippen LogP) is 3.08. The number of esters is 1. The summed E-state index contributed by atoms with van der Waals surface area (Å²) < 4.78 is 33.3. The molecule has 0 aliphatic carbocycles. The summed E-state index contributed by atoms with van der Waals surface area (Å²) in [6.45, 7) is 0. The predicted molar refractivity (Wildman–Crippen MR) is 116 cm³/mol. The molecule has 168 valence electrons. The molecule has 2 fully saturated rings. The van der Waals surface area contributed by atoms with Crippen molar-refractivity contribution in [3.63, 3.8) is 0 Å². The summed E-state index contributed by atoms with van der Waals surface area (Å²) in [5.74, 6) is -4.51. The maximum Gasteiger partial charge on any atom is 0.326 e. The van der Waals surface area contributed by atoms with Crippen molar-refractivity contribution in [2.24, 2.45) is 11.8 Å². The van der Waals surface area contributed by atoms with E-state index in [9.17, 15) is 23.2 Å². The fourth-order valence-corrected chi connectivity index (χ4v) is 5.33. The number of hydrogen-bond acceptors (Lipinski definition) is 6. The highest BCUT2D eigenvalue weighted by Gasteiger charge is 2.68. The molecule has 0 spiro atoms. The minimum absolute atomic E-state index is 0.194. The highest BCUT2D eigenvalue weighted by molar-refractivity contribution is 7.98. The lowest BCUT2D eigenvalue weighted by molar-refractivity contribution is -0.152. The summed E-state index contributed by atoms with van der Waals surface area (Å²) in [5.41, 5.74) is -1.11. The lowest BCUT2D eigenvalue weighted by Crippen LogP contribution is -2.56. The van der Waals surface area contributed by atoms with E-state index >= 15 is 0 Å². The van der Waals surface area contributed by atoms with Crippen LogP contribution in [0.5, 0.6) is 0 Å². The maximum atomic E-state index is 14.8. The molecule has 0 unspecified atom stereocenters. The van der Waals surface area contributed by atoms with Gasteiger partial charge in [0.2, 0.25) is 11.8 Å². The van der Waals surface area contributed by atoms with Gasteiger partial charge in [-0.15, -0.1) is 0 Å². The Morgan fingerprint density at radius 3 is 2.44 bits per heavy atom. The molecule has 0 bridgehead atoms. The summed E-state index contributed by atoms with van der Waals surface area (Å²) in [4.78, 5) is 41.2. The van der Waals surface area contributed by atoms with E-state index in [1.54, 1.807) is 6.07 Å². The molecule has 2 amide bonds. The van der Waals surface area contributed by atoms with Gasteiger partial charge in [0, 0.05) is 11.6 Å². The summed E-state index contributed by atoms with van der Waals surface area (Å²) in [5, 5.41) is 3.13. The lowest BCUT2D eigenvalue weighted by atomic mass is 9.78. The highest BCUT2D eigenvalue weighted by Crippen LogP contribution is 2.51. The van der Waals surface area contributed by atoms with E-state index in [1.165, 1.54) is 49.2 Å². The second kappa shape index (κ2) is 8.63. The number of carbonyl (C=O) groups excluding carboxylic acids is 3. The average molecular weight is 461 g/mol. The van der Waals surface area contributed by atoms with Crippen molar-refractivity contribution in [1.82, 2.24) is 5.32 Å². The smallest absolute Gasteiger partial charge is 0.326 e. The van der Waals surface area contributed by atoms with Gasteiger partial charge >= 0.3 is 5.97 Å². The number of nitrogens with zero attached hydrogens (tertiary/aromatic N) is 1. The molecule has 2 aromatic rings. The normalized spacial score (nSPS) is 27.0. The first-order valence-corrected chi connectivity index (χ1v) is 11.5. The third-order valence-electron chi connectivity index (χ3n) is 6.23. The van der Waals surface area contributed by atoms with Gasteiger partial charge in [0.1, 0.15) is 17.2 Å². The van der Waals surface area contributed by atoms with E-state index in [-0.39, 0.29) is 17.7 Å². The molecule has 2 saturated heterocycles. The number of rotatable bonds is 6. The summed E-state index contributed by atoms with van der Waals surface area (Å²) in [6, 6.07) is 10.0. The number of hydrogen-bond donors (Lipinski definition) is 1. The number of imide groups is 1. The second-order valence-electron chi connectivity index (χ2n) is 7.84. The standard InChI is InChI=1S/C23H22F2N2O4S/c1-31-22(30)23(11-12-32-2)18-17(19(26-23)15-5-3-4-6-16(15)25)20(28)27(21(18)29)14-9-7-13(24)8-10-14/h3-10,17-19,26H,11-12H2,1-2H3/t17-,18+,19-,23+/m0/s1. The first-order chi connectivity index (χ1) is 15.4. The number of amides is 2. The quantitative estimate of drug-likeness (QED) is 0.528. The van der Waals surface area contributed by atoms with Gasteiger partial charge in [-0.2, -0.15) is 11.8 Å². The fourth-order valence-electron chi connectivity index (χ4n) is 4.81. The van der Waals surface area contributed by atoms with Crippen LogP contribution in [0.4, 0.5) is 14.5 Å². The van der Waals surface area contributed by atoms with Gasteiger partial charge in [-0.3, -0.25) is 19.7 Å². The minimum Gasteiger partial charge on any atom is -0.468 e. The molecule has 9 heteroatoms. The fraction of sp³-hybridized carbons (Fsp3) is 0.348. The Hall–Kier alpha value is -2.78. The van der Waals surface area contributed by atoms with Crippen LogP contribution < -0.4 is 10.2 Å². The number of methoxy groups -OCH3 is 1. The zero-order valence-corrected chi connectivity index (χ0v) is 18.3. The monoisotopic (exact) mass is 460 g/mol. The molecule has 0 aromatic heterocycles. The lowest BCUT2D eigenvalue weighted by Gasteiger charge is -2.32. The average Bonchev–Trinajstić information content (AvgIpc) is 3.27. The zero-order valence-electron chi connectivity index (χ0n) is 17.5. The van der Waals surface area contributed by atoms with E-state index in [0.717, 1.165) is 17.0 Å². The molecule has 1 N–H and O–H groups in total. The number of ether oxygens (including phenoxy) is 1. The van der Waals surface area contributed by atoms with Crippen LogP contribution in [0.2, 0.25) is 0 Å². The van der Waals surface area contributed by atoms with Crippen LogP contribution >= 0.6 is 11.8 Å². The van der Waals surface area contributed by atoms with E-state index in [1.807, 2.05) is 6.26 Å². The maximum absolute atomic E-state index is 14.8. The van der Waals surface area contributed by atoms with Gasteiger partial charge in [-0.25, -0.2) is 13.7 Å². The highest BCUT2D eigenvalue weighted by atomic mass is 32.2. The van der Waals surface area contributed by atoms with Crippen LogP contribution in [0.1, 0.15) is 18.0 Å². The Morgan fingerprint density at radius 1 is 1.12 bits per heavy atom. The SMILES string of the molecule is COC(=O)[C@]1(CCSC)N[C@@H](c2ccccc2F)[C@H]2C(=O)N(c3ccc(F)cc3)C(=O)[C@@H]21. The van der Waals surface area contributed by atoms with Crippen molar-refractivity contribution in [3.8, 4) is 0 Å². The number of thioether (sulfide) groups is 1. The van der Waals surface area contributed by atoms with E-state index in [4.69, 9.17) is 4.74 Å². The van der Waals surface area contributed by atoms with Crippen LogP contribution in [0, 0.1) is 23.5 Å². The Morgan fingerprint density at radius 2 is 1.81 bits per heavy atom. The summed E-state index contributed by atoms with van der Waals surface area (Å²) in [7, 11) is 1.22. The van der Waals surface area contributed by atoms with E-state index < -0.39 is 52.8 Å². The van der Waals surface area contributed by atoms with Crippen LogP contribution in [-0.2, 0) is 19.1 Å². The minimum atomic E-state index is -1.50. The third-order valence-corrected chi connectivity index (χ3v) is 6.84. The van der Waals surface area contributed by atoms with Gasteiger partial charge in [-0.05, 0) is 48.8 Å². The Balaban J connectivity index is 1.87. The number of fused-ring (bicyclic) bond motifs is 1. The molecule has 2 heterocycles. The molecular weight excluding hydrogens is 438 g/mol. The van der Waals surface area contributed by atoms with Crippen molar-refractivity contribution >= 4 is 35.2 Å². The number of nitrogens with one attached hydrogen (secondary N) is 1. The molecule has 2 aromatic carbocycles. The van der Waals surface area contributed by atoms with E-state index in [0.29, 0.717) is 5.75 Å². The number of carbonyl (C=O) groups is 3. The van der Waals surface area contributed by atoms with Gasteiger partial charge < -0.3 is 4.74 Å². The number of halogens is 2. The van der Waals surface area contributed by atoms with Crippen LogP contribution in [0.25, 0.3) is 0 Å². The molecule has 0 radical (unpaired) electrons. The second-order valence-corrected chi connectivity index (χ2v) is 8.83. The van der Waals surface area contributed by atoms with Crippen molar-refractivity contribution in [3.05, 3.63) is 65.7 Å². The first-order valence-electron chi connectivity index (χ1n) is 10.1. The van der Waals surface area contributed by atoms with E-state index in [2.05, 4.69) is 5.32 Å². The van der Waals surface area contributed by atoms with Crippen molar-refractivity contribution in [2.45, 2.75) is 18.0 Å². The van der Waals surface area contributed by atoms with Gasteiger partial charge in [0.15, 0.2) is 0 Å². The first kappa shape index (κ1) is 22.4. The topological polar surface area (TPSA) is 75.7 Å². The molecule has 4 rings (SSSR count). The number of benzene rings is 2. The Kier molecular flexibility index (Phi) is 6.05. The zero-order chi connectivity index (χ0) is 23.0. The molecule has 6 nitrogen and oxygen atoms in total. The van der Waals surface area contributed by atoms with Gasteiger partial charge in [-0.1, -0.05) is 18.2 Å². The summed E-state index contributed by atoms with van der Waals surface area (Å²) >= 11 is 1.48. The van der Waals surface area contributed by atoms with Crippen LogP contribution in [0.15, 0.2) is 48.5 Å². The largest absolute Gasteiger partial charge is 0.468 e. The van der Waals surface area contributed by atoms with Gasteiger partial charge in [0.25, 0.3) is 0 Å². The molecule has 32 heavy (non-hydrogen) atoms. The Bertz CT molecular complexity index is 1060. The molecular formula is C23H22F2N2O4S. The third kappa shape index (κ3) is 3.40.